The Balaban J connectivity index is 2.76. The van der Waals surface area contributed by atoms with Gasteiger partial charge in [0.25, 0.3) is 5.91 Å². The maximum Gasteiger partial charge on any atom is 0.328 e. The minimum atomic E-state index is -0.689. The van der Waals surface area contributed by atoms with E-state index in [-0.39, 0.29) is 11.8 Å². The molecule has 0 saturated carbocycles. The molecule has 0 aromatic heterocycles. The fraction of sp³-hybridized carbons (Fsp3) is 0.438. The van der Waals surface area contributed by atoms with Gasteiger partial charge in [0, 0.05) is 12.5 Å². The third kappa shape index (κ3) is 5.55. The number of carbonyl (C=O) groups excluding carboxylic acids is 3. The summed E-state index contributed by atoms with van der Waals surface area (Å²) >= 11 is 0. The summed E-state index contributed by atoms with van der Waals surface area (Å²) in [6.07, 6.45) is 0.490. The third-order valence-corrected chi connectivity index (χ3v) is 2.88. The summed E-state index contributed by atoms with van der Waals surface area (Å²) in [6, 6.07) is 5.40. The van der Waals surface area contributed by atoms with Crippen LogP contribution in [0.4, 0.5) is 0 Å². The lowest BCUT2D eigenvalue weighted by Crippen LogP contribution is -2.42. The van der Waals surface area contributed by atoms with Gasteiger partial charge in [-0.05, 0) is 36.6 Å². The molecule has 1 atom stereocenters. The first kappa shape index (κ1) is 17.7. The summed E-state index contributed by atoms with van der Waals surface area (Å²) in [5.74, 6) is -0.699. The van der Waals surface area contributed by atoms with Crippen molar-refractivity contribution in [3.8, 4) is 5.75 Å². The van der Waals surface area contributed by atoms with Crippen LogP contribution >= 0.6 is 0 Å². The van der Waals surface area contributed by atoms with Crippen LogP contribution in [-0.4, -0.2) is 31.0 Å². The van der Waals surface area contributed by atoms with Crippen molar-refractivity contribution in [2.45, 2.75) is 33.2 Å². The largest absolute Gasteiger partial charge is 0.467 e. The van der Waals surface area contributed by atoms with Gasteiger partial charge in [-0.3, -0.25) is 9.59 Å². The average molecular weight is 307 g/mol. The standard InChI is InChI=1S/C16H21NO5/c1-10(2)9-14(16(20)21-4)17-15(19)12-5-7-13(8-6-12)22-11(3)18/h5-8,10,14H,9H2,1-4H3,(H,17,19)/t14-/m1/s1. The lowest BCUT2D eigenvalue weighted by Gasteiger charge is -2.18. The van der Waals surface area contributed by atoms with E-state index in [2.05, 4.69) is 5.32 Å². The van der Waals surface area contributed by atoms with Crippen molar-refractivity contribution in [2.75, 3.05) is 7.11 Å². The van der Waals surface area contributed by atoms with E-state index < -0.39 is 18.0 Å². The Morgan fingerprint density at radius 2 is 1.73 bits per heavy atom. The third-order valence-electron chi connectivity index (χ3n) is 2.88. The summed E-state index contributed by atoms with van der Waals surface area (Å²) in [5.41, 5.74) is 0.369. The van der Waals surface area contributed by atoms with Gasteiger partial charge in [-0.1, -0.05) is 13.8 Å². The van der Waals surface area contributed by atoms with Gasteiger partial charge >= 0.3 is 11.9 Å². The second-order valence-electron chi connectivity index (χ2n) is 5.30. The van der Waals surface area contributed by atoms with Crippen LogP contribution in [0.15, 0.2) is 24.3 Å². The fourth-order valence-electron chi connectivity index (χ4n) is 1.91. The first-order valence-electron chi connectivity index (χ1n) is 7.00. The molecule has 22 heavy (non-hydrogen) atoms. The van der Waals surface area contributed by atoms with Crippen LogP contribution in [0, 0.1) is 5.92 Å². The zero-order valence-electron chi connectivity index (χ0n) is 13.2. The fourth-order valence-corrected chi connectivity index (χ4v) is 1.91. The molecular formula is C16H21NO5. The topological polar surface area (TPSA) is 81.7 Å². The molecule has 6 nitrogen and oxygen atoms in total. The molecule has 1 amide bonds. The van der Waals surface area contributed by atoms with Gasteiger partial charge in [0.15, 0.2) is 0 Å². The van der Waals surface area contributed by atoms with Crippen molar-refractivity contribution < 1.29 is 23.9 Å². The molecule has 0 heterocycles. The van der Waals surface area contributed by atoms with Gasteiger partial charge in [0.2, 0.25) is 0 Å². The minimum absolute atomic E-state index is 0.232. The summed E-state index contributed by atoms with van der Waals surface area (Å²) in [7, 11) is 1.29. The number of ether oxygens (including phenoxy) is 2. The molecule has 0 aliphatic heterocycles. The van der Waals surface area contributed by atoms with E-state index in [9.17, 15) is 14.4 Å². The molecule has 1 N–H and O–H groups in total. The highest BCUT2D eigenvalue weighted by molar-refractivity contribution is 5.96. The second-order valence-corrected chi connectivity index (χ2v) is 5.30. The van der Waals surface area contributed by atoms with Gasteiger partial charge in [0.05, 0.1) is 7.11 Å². The highest BCUT2D eigenvalue weighted by Crippen LogP contribution is 2.13. The number of methoxy groups -OCH3 is 1. The van der Waals surface area contributed by atoms with Crippen LogP contribution in [0.5, 0.6) is 5.75 Å². The van der Waals surface area contributed by atoms with Gasteiger partial charge in [-0.25, -0.2) is 4.79 Å². The van der Waals surface area contributed by atoms with E-state index in [1.54, 1.807) is 0 Å². The Bertz CT molecular complexity index is 536. The molecule has 0 bridgehead atoms. The lowest BCUT2D eigenvalue weighted by atomic mass is 10.0. The SMILES string of the molecule is COC(=O)[C@@H](CC(C)C)NC(=O)c1ccc(OC(C)=O)cc1. The predicted octanol–water partition coefficient (Wildman–Crippen LogP) is 1.93. The quantitative estimate of drug-likeness (QED) is 0.641. The van der Waals surface area contributed by atoms with Crippen molar-refractivity contribution in [1.82, 2.24) is 5.32 Å². The van der Waals surface area contributed by atoms with E-state index in [4.69, 9.17) is 9.47 Å². The number of nitrogens with one attached hydrogen (secondary N) is 1. The van der Waals surface area contributed by atoms with Crippen molar-refractivity contribution >= 4 is 17.8 Å². The summed E-state index contributed by atoms with van der Waals surface area (Å²) < 4.78 is 9.60. The molecule has 1 aromatic carbocycles. The Labute approximate surface area is 129 Å². The smallest absolute Gasteiger partial charge is 0.328 e. The Morgan fingerprint density at radius 3 is 2.18 bits per heavy atom. The monoisotopic (exact) mass is 307 g/mol. The van der Waals surface area contributed by atoms with Crippen molar-refractivity contribution in [2.24, 2.45) is 5.92 Å². The Morgan fingerprint density at radius 1 is 1.14 bits per heavy atom. The molecule has 0 aliphatic rings. The van der Waals surface area contributed by atoms with E-state index in [1.165, 1.54) is 38.3 Å². The number of hydrogen-bond acceptors (Lipinski definition) is 5. The van der Waals surface area contributed by atoms with Gasteiger partial charge in [-0.15, -0.1) is 0 Å². The van der Waals surface area contributed by atoms with Crippen LogP contribution in [-0.2, 0) is 14.3 Å². The molecule has 0 saturated heterocycles. The maximum absolute atomic E-state index is 12.2. The summed E-state index contributed by atoms with van der Waals surface area (Å²) in [6.45, 7) is 5.21. The highest BCUT2D eigenvalue weighted by atomic mass is 16.5. The van der Waals surface area contributed by atoms with Crippen LogP contribution in [0.25, 0.3) is 0 Å². The maximum atomic E-state index is 12.2. The van der Waals surface area contributed by atoms with E-state index in [0.717, 1.165) is 0 Å². The number of amides is 1. The van der Waals surface area contributed by atoms with Crippen molar-refractivity contribution in [1.29, 1.82) is 0 Å². The Kier molecular flexibility index (Phi) is 6.56. The van der Waals surface area contributed by atoms with Gasteiger partial charge < -0.3 is 14.8 Å². The van der Waals surface area contributed by atoms with E-state index in [1.807, 2.05) is 13.8 Å². The molecule has 6 heteroatoms. The number of benzene rings is 1. The molecule has 1 aromatic rings. The number of rotatable bonds is 6. The zero-order chi connectivity index (χ0) is 16.7. The van der Waals surface area contributed by atoms with E-state index >= 15 is 0 Å². The number of carbonyl (C=O) groups is 3. The summed E-state index contributed by atoms with van der Waals surface area (Å²) in [4.78, 5) is 34.7. The first-order chi connectivity index (χ1) is 10.3. The molecule has 0 spiro atoms. The molecule has 0 unspecified atom stereocenters. The summed E-state index contributed by atoms with van der Waals surface area (Å²) in [5, 5.41) is 2.65. The van der Waals surface area contributed by atoms with Gasteiger partial charge in [-0.2, -0.15) is 0 Å². The predicted molar refractivity (Wildman–Crippen MR) is 80.5 cm³/mol. The van der Waals surface area contributed by atoms with Gasteiger partial charge in [0.1, 0.15) is 11.8 Å². The normalized spacial score (nSPS) is 11.7. The van der Waals surface area contributed by atoms with Crippen LogP contribution in [0.2, 0.25) is 0 Å². The molecule has 0 fully saturated rings. The second kappa shape index (κ2) is 8.17. The zero-order valence-corrected chi connectivity index (χ0v) is 13.2. The average Bonchev–Trinajstić information content (AvgIpc) is 2.45. The highest BCUT2D eigenvalue weighted by Gasteiger charge is 2.23. The number of esters is 2. The van der Waals surface area contributed by atoms with Crippen molar-refractivity contribution in [3.63, 3.8) is 0 Å². The minimum Gasteiger partial charge on any atom is -0.467 e. The van der Waals surface area contributed by atoms with Crippen molar-refractivity contribution in [3.05, 3.63) is 29.8 Å². The Hall–Kier alpha value is -2.37. The molecule has 0 radical (unpaired) electrons. The lowest BCUT2D eigenvalue weighted by molar-refractivity contribution is -0.143. The van der Waals surface area contributed by atoms with E-state index in [0.29, 0.717) is 17.7 Å². The van der Waals surface area contributed by atoms with Crippen LogP contribution < -0.4 is 10.1 Å². The molecule has 0 aliphatic carbocycles. The number of hydrogen-bond donors (Lipinski definition) is 1. The van der Waals surface area contributed by atoms with Crippen LogP contribution in [0.3, 0.4) is 0 Å². The van der Waals surface area contributed by atoms with Crippen LogP contribution in [0.1, 0.15) is 37.6 Å². The molecular weight excluding hydrogens is 286 g/mol. The molecule has 120 valence electrons. The molecule has 1 rings (SSSR count). The first-order valence-corrected chi connectivity index (χ1v) is 7.00.